The number of rotatable bonds is 4. The van der Waals surface area contributed by atoms with Crippen LogP contribution in [0, 0.1) is 11.8 Å². The van der Waals surface area contributed by atoms with Crippen molar-refractivity contribution in [1.29, 1.82) is 0 Å². The lowest BCUT2D eigenvalue weighted by Crippen LogP contribution is -2.03. The van der Waals surface area contributed by atoms with Gasteiger partial charge in [0, 0.05) is 18.3 Å². The average Bonchev–Trinajstić information content (AvgIpc) is 2.15. The molecule has 0 unspecified atom stereocenters. The van der Waals surface area contributed by atoms with Gasteiger partial charge in [0.2, 0.25) is 0 Å². The summed E-state index contributed by atoms with van der Waals surface area (Å²) in [6.07, 6.45) is 2.03. The number of hydrogen-bond acceptors (Lipinski definition) is 2. The first kappa shape index (κ1) is 15.5. The van der Waals surface area contributed by atoms with Crippen molar-refractivity contribution in [3.8, 4) is 0 Å². The summed E-state index contributed by atoms with van der Waals surface area (Å²) < 4.78 is 0. The Hall–Kier alpha value is -0.920. The van der Waals surface area contributed by atoms with Crippen molar-refractivity contribution in [2.45, 2.75) is 41.0 Å². The maximum absolute atomic E-state index is 10.5. The number of hydrogen-bond donors (Lipinski definition) is 0. The topological polar surface area (TPSA) is 34.1 Å². The number of carbonyl (C=O) groups excluding carboxylic acids is 2. The highest BCUT2D eigenvalue weighted by Crippen LogP contribution is 1.95. The van der Waals surface area contributed by atoms with Gasteiger partial charge < -0.3 is 0 Å². The van der Waals surface area contributed by atoms with Crippen LogP contribution in [0.2, 0.25) is 0 Å². The second kappa shape index (κ2) is 8.67. The van der Waals surface area contributed by atoms with Crippen LogP contribution in [-0.2, 0) is 9.59 Å². The van der Waals surface area contributed by atoms with Crippen LogP contribution in [0.25, 0.3) is 0 Å². The molecule has 0 saturated carbocycles. The summed E-state index contributed by atoms with van der Waals surface area (Å²) in [4.78, 5) is 20.9. The van der Waals surface area contributed by atoms with Gasteiger partial charge in [-0.1, -0.05) is 41.2 Å². The summed E-state index contributed by atoms with van der Waals surface area (Å²) in [6, 6.07) is 0. The summed E-state index contributed by atoms with van der Waals surface area (Å²) in [5, 5.41) is 0. The van der Waals surface area contributed by atoms with E-state index in [1.807, 2.05) is 34.6 Å². The summed E-state index contributed by atoms with van der Waals surface area (Å²) in [7, 11) is 0. The van der Waals surface area contributed by atoms with E-state index in [1.54, 1.807) is 0 Å². The molecule has 0 rings (SSSR count). The third-order valence-electron chi connectivity index (χ3n) is 1.76. The van der Waals surface area contributed by atoms with Crippen LogP contribution in [0.3, 0.4) is 0 Å². The molecule has 0 aromatic rings. The molecule has 2 nitrogen and oxygen atoms in total. The highest BCUT2D eigenvalue weighted by molar-refractivity contribution is 5.90. The summed E-state index contributed by atoms with van der Waals surface area (Å²) in [5.74, 6) is 0.794. The minimum atomic E-state index is 0.109. The van der Waals surface area contributed by atoms with Crippen molar-refractivity contribution in [2.75, 3.05) is 0 Å². The van der Waals surface area contributed by atoms with Gasteiger partial charge in [-0.2, -0.15) is 0 Å². The van der Waals surface area contributed by atoms with Gasteiger partial charge in [0.1, 0.15) is 5.78 Å². The quantitative estimate of drug-likeness (QED) is 0.651. The summed E-state index contributed by atoms with van der Waals surface area (Å²) >= 11 is 0. The van der Waals surface area contributed by atoms with Crippen LogP contribution in [0.15, 0.2) is 12.7 Å². The van der Waals surface area contributed by atoms with Gasteiger partial charge in [0.05, 0.1) is 0 Å². The fourth-order valence-electron chi connectivity index (χ4n) is 0.644. The normalized spacial score (nSPS) is 9.36. The predicted octanol–water partition coefficient (Wildman–Crippen LogP) is 3.02. The van der Waals surface area contributed by atoms with Crippen LogP contribution in [0.5, 0.6) is 0 Å². The second-order valence-electron chi connectivity index (χ2n) is 3.74. The van der Waals surface area contributed by atoms with Gasteiger partial charge in [0.15, 0.2) is 5.78 Å². The van der Waals surface area contributed by atoms with E-state index in [0.717, 1.165) is 0 Å². The number of Topliss-reactive ketones (excluding diaryl/α,β-unsaturated/α-hetero) is 1. The maximum Gasteiger partial charge on any atom is 0.157 e. The summed E-state index contributed by atoms with van der Waals surface area (Å²) in [5.41, 5.74) is 0. The van der Waals surface area contributed by atoms with Gasteiger partial charge in [-0.3, -0.25) is 9.59 Å². The van der Waals surface area contributed by atoms with Crippen molar-refractivity contribution in [3.63, 3.8) is 0 Å². The Kier molecular flexibility index (Phi) is 9.63. The van der Waals surface area contributed by atoms with E-state index in [2.05, 4.69) is 6.58 Å². The first-order valence-electron chi connectivity index (χ1n) is 5.05. The van der Waals surface area contributed by atoms with E-state index in [4.69, 9.17) is 0 Å². The van der Waals surface area contributed by atoms with Crippen LogP contribution in [-0.4, -0.2) is 11.6 Å². The van der Waals surface area contributed by atoms with E-state index in [0.29, 0.717) is 12.2 Å². The molecule has 0 N–H and O–H groups in total. The van der Waals surface area contributed by atoms with Crippen molar-refractivity contribution in [1.82, 2.24) is 0 Å². The van der Waals surface area contributed by atoms with Crippen LogP contribution >= 0.6 is 0 Å². The van der Waals surface area contributed by atoms with Crippen LogP contribution in [0.1, 0.15) is 41.0 Å². The van der Waals surface area contributed by atoms with Crippen molar-refractivity contribution < 1.29 is 9.59 Å². The molecule has 0 aliphatic heterocycles. The third kappa shape index (κ3) is 9.17. The standard InChI is InChI=1S/C6H12O.C6H10O/c2*1-4-6(7)5(2)3/h5H,4H2,1-3H3;4-5H,1H2,2-3H3. The predicted molar refractivity (Wildman–Crippen MR) is 60.2 cm³/mol. The van der Waals surface area contributed by atoms with E-state index >= 15 is 0 Å². The first-order valence-corrected chi connectivity index (χ1v) is 5.05. The molecular weight excluding hydrogens is 176 g/mol. The van der Waals surface area contributed by atoms with Gasteiger partial charge in [-0.15, -0.1) is 0 Å². The van der Waals surface area contributed by atoms with Gasteiger partial charge in [-0.25, -0.2) is 0 Å². The van der Waals surface area contributed by atoms with Crippen LogP contribution < -0.4 is 0 Å². The Labute approximate surface area is 87.4 Å². The SMILES string of the molecule is C=CC(=O)C(C)C.CCC(=O)C(C)C. The Morgan fingerprint density at radius 3 is 1.57 bits per heavy atom. The van der Waals surface area contributed by atoms with Gasteiger partial charge in [0.25, 0.3) is 0 Å². The molecule has 0 heterocycles. The van der Waals surface area contributed by atoms with E-state index in [1.165, 1.54) is 6.08 Å². The van der Waals surface area contributed by atoms with Gasteiger partial charge >= 0.3 is 0 Å². The second-order valence-corrected chi connectivity index (χ2v) is 3.74. The minimum Gasteiger partial charge on any atom is -0.299 e. The molecule has 0 aliphatic rings. The molecule has 14 heavy (non-hydrogen) atoms. The molecule has 0 aromatic carbocycles. The fraction of sp³-hybridized carbons (Fsp3) is 0.667. The molecule has 82 valence electrons. The smallest absolute Gasteiger partial charge is 0.157 e. The molecule has 0 atom stereocenters. The zero-order chi connectivity index (χ0) is 11.7. The molecule has 0 amide bonds. The number of ketones is 2. The molecule has 0 saturated heterocycles. The van der Waals surface area contributed by atoms with Gasteiger partial charge in [-0.05, 0) is 6.08 Å². The first-order chi connectivity index (χ1) is 6.36. The van der Waals surface area contributed by atoms with E-state index < -0.39 is 0 Å². The molecule has 0 aromatic heterocycles. The fourth-order valence-corrected chi connectivity index (χ4v) is 0.644. The Balaban J connectivity index is 0. The Bertz CT molecular complexity index is 190. The largest absolute Gasteiger partial charge is 0.299 e. The average molecular weight is 198 g/mol. The van der Waals surface area contributed by atoms with E-state index in [9.17, 15) is 9.59 Å². The molecule has 0 radical (unpaired) electrons. The zero-order valence-corrected chi connectivity index (χ0v) is 9.96. The molecule has 0 bridgehead atoms. The lowest BCUT2D eigenvalue weighted by molar-refractivity contribution is -0.121. The van der Waals surface area contributed by atoms with E-state index in [-0.39, 0.29) is 17.6 Å². The summed E-state index contributed by atoms with van der Waals surface area (Å²) in [6.45, 7) is 12.8. The third-order valence-corrected chi connectivity index (χ3v) is 1.76. The molecule has 0 aliphatic carbocycles. The lowest BCUT2D eigenvalue weighted by Gasteiger charge is -1.96. The highest BCUT2D eigenvalue weighted by atomic mass is 16.1. The molecular formula is C12H22O2. The molecule has 0 spiro atoms. The van der Waals surface area contributed by atoms with Crippen molar-refractivity contribution in [3.05, 3.63) is 12.7 Å². The monoisotopic (exact) mass is 198 g/mol. The van der Waals surface area contributed by atoms with Crippen molar-refractivity contribution in [2.24, 2.45) is 11.8 Å². The highest BCUT2D eigenvalue weighted by Gasteiger charge is 2.00. The molecule has 0 fully saturated rings. The molecule has 2 heteroatoms. The maximum atomic E-state index is 10.5. The lowest BCUT2D eigenvalue weighted by atomic mass is 10.1. The number of allylic oxidation sites excluding steroid dienone is 1. The minimum absolute atomic E-state index is 0.109. The van der Waals surface area contributed by atoms with Crippen molar-refractivity contribution >= 4 is 11.6 Å². The van der Waals surface area contributed by atoms with Crippen LogP contribution in [0.4, 0.5) is 0 Å². The zero-order valence-electron chi connectivity index (χ0n) is 9.96. The Morgan fingerprint density at radius 1 is 1.14 bits per heavy atom. The Morgan fingerprint density at radius 2 is 1.57 bits per heavy atom. The number of carbonyl (C=O) groups is 2.